The topological polar surface area (TPSA) is 36.9 Å². The second-order valence-electron chi connectivity index (χ2n) is 8.25. The summed E-state index contributed by atoms with van der Waals surface area (Å²) in [7, 11) is 2.03. The van der Waals surface area contributed by atoms with Crippen LogP contribution in [0, 0.1) is 5.41 Å². The Morgan fingerprint density at radius 2 is 2.14 bits per heavy atom. The number of nitrogens with zero attached hydrogens (tertiary/aromatic N) is 2. The van der Waals surface area contributed by atoms with Crippen molar-refractivity contribution in [2.45, 2.75) is 52.7 Å². The van der Waals surface area contributed by atoms with Crippen LogP contribution in [0.5, 0.6) is 0 Å². The van der Waals surface area contributed by atoms with E-state index in [1.54, 1.807) is 11.8 Å². The summed E-state index contributed by atoms with van der Waals surface area (Å²) >= 11 is 0. The summed E-state index contributed by atoms with van der Waals surface area (Å²) in [5.74, 6) is 0. The molecule has 0 radical (unpaired) electrons. The largest absolute Gasteiger partial charge is 0.476 e. The molecule has 0 saturated carbocycles. The van der Waals surface area contributed by atoms with Crippen LogP contribution in [0.1, 0.15) is 45.6 Å². The van der Waals surface area contributed by atoms with E-state index in [0.717, 1.165) is 43.7 Å². The van der Waals surface area contributed by atoms with Crippen LogP contribution in [0.15, 0.2) is 71.2 Å². The predicted octanol–water partition coefficient (Wildman–Crippen LogP) is 5.06. The van der Waals surface area contributed by atoms with E-state index in [2.05, 4.69) is 67.1 Å². The maximum atomic E-state index is 5.57. The molecule has 0 saturated heterocycles. The molecule has 156 valence electrons. The van der Waals surface area contributed by atoms with Crippen molar-refractivity contribution in [1.82, 2.24) is 10.2 Å². The molecule has 2 atom stereocenters. The fourth-order valence-corrected chi connectivity index (χ4v) is 4.42. The maximum Gasteiger partial charge on any atom is 0.168 e. The molecule has 1 aromatic carbocycles. The number of aliphatic imine (C=N–C) groups is 1. The Labute approximate surface area is 176 Å². The van der Waals surface area contributed by atoms with Crippen molar-refractivity contribution in [2.24, 2.45) is 10.4 Å². The molecule has 1 N–H and O–H groups in total. The first kappa shape index (κ1) is 21.2. The molecule has 2 aliphatic heterocycles. The normalized spacial score (nSPS) is 24.2. The van der Waals surface area contributed by atoms with Crippen LogP contribution in [0.2, 0.25) is 0 Å². The zero-order valence-electron chi connectivity index (χ0n) is 18.4. The highest BCUT2D eigenvalue weighted by molar-refractivity contribution is 5.89. The van der Waals surface area contributed by atoms with Crippen LogP contribution in [-0.4, -0.2) is 37.0 Å². The van der Waals surface area contributed by atoms with E-state index in [1.165, 1.54) is 17.7 Å². The molecule has 0 aromatic heterocycles. The Morgan fingerprint density at radius 3 is 2.76 bits per heavy atom. The quantitative estimate of drug-likeness (QED) is 0.596. The van der Waals surface area contributed by atoms with E-state index in [4.69, 9.17) is 9.73 Å². The smallest absolute Gasteiger partial charge is 0.168 e. The summed E-state index contributed by atoms with van der Waals surface area (Å²) < 4.78 is 5.57. The van der Waals surface area contributed by atoms with Gasteiger partial charge in [0.05, 0.1) is 17.9 Å². The third kappa shape index (κ3) is 4.75. The van der Waals surface area contributed by atoms with Gasteiger partial charge in [-0.1, -0.05) is 61.9 Å². The lowest BCUT2D eigenvalue weighted by Crippen LogP contribution is -2.32. The number of benzene rings is 1. The minimum atomic E-state index is 0.0530. The SMILES string of the molecule is C=C(NCC1=NCC(Cc2ccccc2)(/C(=C/C)CCC)C1)C1=COC(C)N1C. The lowest BCUT2D eigenvalue weighted by atomic mass is 9.71. The fourth-order valence-electron chi connectivity index (χ4n) is 4.42. The van der Waals surface area contributed by atoms with E-state index in [-0.39, 0.29) is 11.6 Å². The summed E-state index contributed by atoms with van der Waals surface area (Å²) in [4.78, 5) is 7.06. The fraction of sp³-hybridized carbons (Fsp3) is 0.480. The van der Waals surface area contributed by atoms with Gasteiger partial charge in [0, 0.05) is 24.7 Å². The number of hydrogen-bond acceptors (Lipinski definition) is 4. The molecule has 29 heavy (non-hydrogen) atoms. The summed E-state index contributed by atoms with van der Waals surface area (Å²) in [5, 5.41) is 3.47. The average molecular weight is 394 g/mol. The van der Waals surface area contributed by atoms with E-state index >= 15 is 0 Å². The summed E-state index contributed by atoms with van der Waals surface area (Å²) in [6.07, 6.45) is 8.52. The zero-order chi connectivity index (χ0) is 20.9. The second kappa shape index (κ2) is 9.34. The van der Waals surface area contributed by atoms with Crippen LogP contribution in [0.25, 0.3) is 0 Å². The molecule has 3 rings (SSSR count). The molecule has 4 nitrogen and oxygen atoms in total. The summed E-state index contributed by atoms with van der Waals surface area (Å²) in [6.45, 7) is 12.3. The summed E-state index contributed by atoms with van der Waals surface area (Å²) in [5.41, 5.74) is 6.16. The first-order valence-electron chi connectivity index (χ1n) is 10.7. The number of ether oxygens (including phenoxy) is 1. The minimum absolute atomic E-state index is 0.0530. The Bertz CT molecular complexity index is 809. The number of likely N-dealkylation sites (N-methyl/N-ethyl adjacent to an activating group) is 1. The van der Waals surface area contributed by atoms with Crippen LogP contribution < -0.4 is 5.32 Å². The van der Waals surface area contributed by atoms with Crippen LogP contribution >= 0.6 is 0 Å². The third-order valence-corrected chi connectivity index (χ3v) is 6.20. The molecule has 0 bridgehead atoms. The van der Waals surface area contributed by atoms with Gasteiger partial charge in [-0.25, -0.2) is 0 Å². The maximum absolute atomic E-state index is 5.57. The molecule has 0 amide bonds. The van der Waals surface area contributed by atoms with E-state index in [0.29, 0.717) is 0 Å². The van der Waals surface area contributed by atoms with Crippen LogP contribution in [0.4, 0.5) is 0 Å². The minimum Gasteiger partial charge on any atom is -0.476 e. The molecule has 2 unspecified atom stereocenters. The molecule has 2 heterocycles. The van der Waals surface area contributed by atoms with Gasteiger partial charge in [0.1, 0.15) is 6.26 Å². The number of allylic oxidation sites excluding steroid dienone is 1. The van der Waals surface area contributed by atoms with Gasteiger partial charge in [-0.2, -0.15) is 0 Å². The van der Waals surface area contributed by atoms with Gasteiger partial charge in [-0.3, -0.25) is 4.99 Å². The zero-order valence-corrected chi connectivity index (χ0v) is 18.4. The lowest BCUT2D eigenvalue weighted by Gasteiger charge is -2.32. The van der Waals surface area contributed by atoms with Crippen molar-refractivity contribution in [1.29, 1.82) is 0 Å². The highest BCUT2D eigenvalue weighted by atomic mass is 16.5. The second-order valence-corrected chi connectivity index (χ2v) is 8.25. The van der Waals surface area contributed by atoms with Crippen molar-refractivity contribution >= 4 is 5.71 Å². The van der Waals surface area contributed by atoms with Gasteiger partial charge in [0.15, 0.2) is 6.23 Å². The summed E-state index contributed by atoms with van der Waals surface area (Å²) in [6, 6.07) is 10.8. The Balaban J connectivity index is 1.68. The van der Waals surface area contributed by atoms with Gasteiger partial charge < -0.3 is 15.0 Å². The third-order valence-electron chi connectivity index (χ3n) is 6.20. The van der Waals surface area contributed by atoms with Crippen molar-refractivity contribution in [3.8, 4) is 0 Å². The standard InChI is InChI=1S/C25H35N3O/c1-6-11-22(7-2)25(14-21-12-9-8-10-13-21)15-23(27-18-25)16-26-19(3)24-17-29-20(4)28(24)5/h7-10,12-13,17,20,26H,3,6,11,14-16,18H2,1-2,4-5H3/b22-7+. The van der Waals surface area contributed by atoms with E-state index < -0.39 is 0 Å². The van der Waals surface area contributed by atoms with Crippen molar-refractivity contribution in [3.63, 3.8) is 0 Å². The molecule has 0 fully saturated rings. The van der Waals surface area contributed by atoms with Crippen LogP contribution in [-0.2, 0) is 11.2 Å². The monoisotopic (exact) mass is 393 g/mol. The van der Waals surface area contributed by atoms with Gasteiger partial charge in [0.25, 0.3) is 0 Å². The van der Waals surface area contributed by atoms with Gasteiger partial charge >= 0.3 is 0 Å². The number of hydrogen-bond donors (Lipinski definition) is 1. The molecule has 1 aromatic rings. The highest BCUT2D eigenvalue weighted by Gasteiger charge is 2.38. The first-order chi connectivity index (χ1) is 14.0. The van der Waals surface area contributed by atoms with Crippen molar-refractivity contribution in [2.75, 3.05) is 20.1 Å². The molecule has 4 heteroatoms. The molecular weight excluding hydrogens is 358 g/mol. The Morgan fingerprint density at radius 1 is 1.38 bits per heavy atom. The highest BCUT2D eigenvalue weighted by Crippen LogP contribution is 2.42. The van der Waals surface area contributed by atoms with Gasteiger partial charge in [-0.15, -0.1) is 0 Å². The number of rotatable bonds is 9. The molecule has 0 aliphatic carbocycles. The van der Waals surface area contributed by atoms with E-state index in [9.17, 15) is 0 Å². The number of nitrogens with one attached hydrogen (secondary N) is 1. The van der Waals surface area contributed by atoms with Crippen LogP contribution in [0.3, 0.4) is 0 Å². The Kier molecular flexibility index (Phi) is 6.83. The van der Waals surface area contributed by atoms with Crippen molar-refractivity contribution in [3.05, 3.63) is 71.8 Å². The van der Waals surface area contributed by atoms with Gasteiger partial charge in [0.2, 0.25) is 0 Å². The van der Waals surface area contributed by atoms with Crippen molar-refractivity contribution < 1.29 is 4.74 Å². The average Bonchev–Trinajstić information content (AvgIpc) is 3.29. The lowest BCUT2D eigenvalue weighted by molar-refractivity contribution is 0.0876. The predicted molar refractivity (Wildman–Crippen MR) is 122 cm³/mol. The van der Waals surface area contributed by atoms with E-state index in [1.807, 2.05) is 14.0 Å². The molecule has 2 aliphatic rings. The van der Waals surface area contributed by atoms with Gasteiger partial charge in [-0.05, 0) is 38.7 Å². The Hall–Kier alpha value is -2.49. The molecular formula is C25H35N3O. The first-order valence-corrected chi connectivity index (χ1v) is 10.7. The molecule has 0 spiro atoms.